The number of anilines is 1. The van der Waals surface area contributed by atoms with Gasteiger partial charge in [0.1, 0.15) is 5.82 Å². The molecule has 2 aromatic rings. The number of para-hydroxylation sites is 2. The molecule has 1 amide bonds. The number of fused-ring (bicyclic) bond motifs is 1. The monoisotopic (exact) mass is 230 g/mol. The Morgan fingerprint density at radius 1 is 1.29 bits per heavy atom. The first-order valence-electron chi connectivity index (χ1n) is 5.52. The standard InChI is InChI=1S/C12H14N4O/c1-2-13-12(17)8-15-11-7-14-9-5-3-4-6-10(9)16-11/h3-7H,2,8H2,1H3,(H,13,17)(H,15,16). The Morgan fingerprint density at radius 2 is 2.06 bits per heavy atom. The van der Waals surface area contributed by atoms with E-state index in [1.165, 1.54) is 0 Å². The molecule has 0 radical (unpaired) electrons. The SMILES string of the molecule is CCNC(=O)CNc1cnc2ccccc2n1. The summed E-state index contributed by atoms with van der Waals surface area (Å²) in [5, 5.41) is 5.64. The van der Waals surface area contributed by atoms with E-state index in [1.807, 2.05) is 31.2 Å². The van der Waals surface area contributed by atoms with Gasteiger partial charge in [-0.15, -0.1) is 0 Å². The number of aromatic nitrogens is 2. The normalized spacial score (nSPS) is 10.2. The van der Waals surface area contributed by atoms with Crippen molar-refractivity contribution in [3.8, 4) is 0 Å². The molecule has 0 saturated carbocycles. The smallest absolute Gasteiger partial charge is 0.239 e. The molecule has 5 heteroatoms. The van der Waals surface area contributed by atoms with Crippen LogP contribution in [-0.2, 0) is 4.79 Å². The van der Waals surface area contributed by atoms with Crippen LogP contribution < -0.4 is 10.6 Å². The van der Waals surface area contributed by atoms with Crippen molar-refractivity contribution in [3.05, 3.63) is 30.5 Å². The fourth-order valence-electron chi connectivity index (χ4n) is 1.47. The first-order valence-corrected chi connectivity index (χ1v) is 5.52. The molecule has 0 atom stereocenters. The van der Waals surface area contributed by atoms with Crippen LogP contribution in [0.2, 0.25) is 0 Å². The van der Waals surface area contributed by atoms with Crippen molar-refractivity contribution in [1.82, 2.24) is 15.3 Å². The molecule has 1 aromatic heterocycles. The molecule has 0 saturated heterocycles. The second kappa shape index (κ2) is 5.25. The zero-order chi connectivity index (χ0) is 12.1. The highest BCUT2D eigenvalue weighted by atomic mass is 16.1. The van der Waals surface area contributed by atoms with Gasteiger partial charge in [-0.2, -0.15) is 0 Å². The van der Waals surface area contributed by atoms with Crippen molar-refractivity contribution in [2.24, 2.45) is 0 Å². The molecule has 0 spiro atoms. The maximum atomic E-state index is 11.3. The molecule has 17 heavy (non-hydrogen) atoms. The minimum absolute atomic E-state index is 0.0533. The number of hydrogen-bond acceptors (Lipinski definition) is 4. The fraction of sp³-hybridized carbons (Fsp3) is 0.250. The molecule has 2 N–H and O–H groups in total. The lowest BCUT2D eigenvalue weighted by atomic mass is 10.3. The number of rotatable bonds is 4. The molecule has 0 fully saturated rings. The minimum atomic E-state index is -0.0533. The molecular weight excluding hydrogens is 216 g/mol. The van der Waals surface area contributed by atoms with Gasteiger partial charge in [0.15, 0.2) is 0 Å². The highest BCUT2D eigenvalue weighted by molar-refractivity contribution is 5.81. The van der Waals surface area contributed by atoms with Gasteiger partial charge in [-0.05, 0) is 19.1 Å². The Morgan fingerprint density at radius 3 is 2.82 bits per heavy atom. The minimum Gasteiger partial charge on any atom is -0.360 e. The Bertz CT molecular complexity index is 527. The van der Waals surface area contributed by atoms with Crippen LogP contribution in [0.1, 0.15) is 6.92 Å². The van der Waals surface area contributed by atoms with Crippen molar-refractivity contribution < 1.29 is 4.79 Å². The number of nitrogens with zero attached hydrogens (tertiary/aromatic N) is 2. The molecule has 0 bridgehead atoms. The van der Waals surface area contributed by atoms with Crippen LogP contribution in [0.3, 0.4) is 0 Å². The summed E-state index contributed by atoms with van der Waals surface area (Å²) in [6.45, 7) is 2.72. The number of benzene rings is 1. The lowest BCUT2D eigenvalue weighted by Crippen LogP contribution is -2.29. The van der Waals surface area contributed by atoms with Gasteiger partial charge in [-0.3, -0.25) is 9.78 Å². The largest absolute Gasteiger partial charge is 0.360 e. The second-order valence-corrected chi connectivity index (χ2v) is 3.55. The topological polar surface area (TPSA) is 66.9 Å². The van der Waals surface area contributed by atoms with Crippen molar-refractivity contribution in [2.75, 3.05) is 18.4 Å². The van der Waals surface area contributed by atoms with Gasteiger partial charge in [-0.1, -0.05) is 12.1 Å². The van der Waals surface area contributed by atoms with Gasteiger partial charge in [0.25, 0.3) is 0 Å². The van der Waals surface area contributed by atoms with Crippen molar-refractivity contribution >= 4 is 22.8 Å². The van der Waals surface area contributed by atoms with Crippen LogP contribution in [0.15, 0.2) is 30.5 Å². The second-order valence-electron chi connectivity index (χ2n) is 3.55. The van der Waals surface area contributed by atoms with E-state index in [2.05, 4.69) is 20.6 Å². The maximum Gasteiger partial charge on any atom is 0.239 e. The van der Waals surface area contributed by atoms with Crippen LogP contribution in [0.25, 0.3) is 11.0 Å². The summed E-state index contributed by atoms with van der Waals surface area (Å²) in [6.07, 6.45) is 1.63. The zero-order valence-corrected chi connectivity index (χ0v) is 9.60. The van der Waals surface area contributed by atoms with Gasteiger partial charge in [0.05, 0.1) is 23.8 Å². The predicted octanol–water partition coefficient (Wildman–Crippen LogP) is 1.18. The van der Waals surface area contributed by atoms with Gasteiger partial charge in [0, 0.05) is 6.54 Å². The van der Waals surface area contributed by atoms with Crippen molar-refractivity contribution in [1.29, 1.82) is 0 Å². The summed E-state index contributed by atoms with van der Waals surface area (Å²) >= 11 is 0. The van der Waals surface area contributed by atoms with Gasteiger partial charge < -0.3 is 10.6 Å². The van der Waals surface area contributed by atoms with E-state index in [1.54, 1.807) is 6.20 Å². The first-order chi connectivity index (χ1) is 8.29. The van der Waals surface area contributed by atoms with Crippen molar-refractivity contribution in [2.45, 2.75) is 6.92 Å². The zero-order valence-electron chi connectivity index (χ0n) is 9.60. The van der Waals surface area contributed by atoms with E-state index in [0.29, 0.717) is 12.4 Å². The average molecular weight is 230 g/mol. The molecule has 88 valence electrons. The van der Waals surface area contributed by atoms with Crippen LogP contribution in [0.4, 0.5) is 5.82 Å². The lowest BCUT2D eigenvalue weighted by molar-refractivity contribution is -0.119. The fourth-order valence-corrected chi connectivity index (χ4v) is 1.47. The summed E-state index contributed by atoms with van der Waals surface area (Å²) in [6, 6.07) is 7.61. The van der Waals surface area contributed by atoms with E-state index in [4.69, 9.17) is 0 Å². The molecule has 5 nitrogen and oxygen atoms in total. The molecule has 2 rings (SSSR count). The number of amides is 1. The van der Waals surface area contributed by atoms with E-state index >= 15 is 0 Å². The predicted molar refractivity (Wildman–Crippen MR) is 66.7 cm³/mol. The average Bonchev–Trinajstić information content (AvgIpc) is 2.36. The highest BCUT2D eigenvalue weighted by Gasteiger charge is 2.01. The Balaban J connectivity index is 2.06. The number of likely N-dealkylation sites (N-methyl/N-ethyl adjacent to an activating group) is 1. The molecule has 1 aromatic carbocycles. The molecule has 1 heterocycles. The lowest BCUT2D eigenvalue weighted by Gasteiger charge is -2.05. The van der Waals surface area contributed by atoms with Crippen LogP contribution in [0, 0.1) is 0 Å². The molecule has 0 aliphatic carbocycles. The number of hydrogen-bond donors (Lipinski definition) is 2. The third kappa shape index (κ3) is 2.90. The third-order valence-corrected chi connectivity index (χ3v) is 2.25. The van der Waals surface area contributed by atoms with E-state index in [9.17, 15) is 4.79 Å². The van der Waals surface area contributed by atoms with Crippen LogP contribution in [-0.4, -0.2) is 29.0 Å². The van der Waals surface area contributed by atoms with Crippen LogP contribution >= 0.6 is 0 Å². The van der Waals surface area contributed by atoms with E-state index in [0.717, 1.165) is 11.0 Å². The Labute approximate surface area is 99.3 Å². The maximum absolute atomic E-state index is 11.3. The highest BCUT2D eigenvalue weighted by Crippen LogP contribution is 2.10. The van der Waals surface area contributed by atoms with Crippen molar-refractivity contribution in [3.63, 3.8) is 0 Å². The summed E-state index contributed by atoms with van der Waals surface area (Å²) in [5.41, 5.74) is 1.66. The Hall–Kier alpha value is -2.17. The number of nitrogens with one attached hydrogen (secondary N) is 2. The first kappa shape index (κ1) is 11.3. The van der Waals surface area contributed by atoms with Gasteiger partial charge in [-0.25, -0.2) is 4.98 Å². The summed E-state index contributed by atoms with van der Waals surface area (Å²) in [5.74, 6) is 0.553. The van der Waals surface area contributed by atoms with Gasteiger partial charge in [0.2, 0.25) is 5.91 Å². The molecule has 0 unspecified atom stereocenters. The molecule has 0 aliphatic rings. The number of carbonyl (C=O) groups excluding carboxylic acids is 1. The van der Waals surface area contributed by atoms with Gasteiger partial charge >= 0.3 is 0 Å². The quantitative estimate of drug-likeness (QED) is 0.827. The van der Waals surface area contributed by atoms with Crippen LogP contribution in [0.5, 0.6) is 0 Å². The summed E-state index contributed by atoms with van der Waals surface area (Å²) in [7, 11) is 0. The summed E-state index contributed by atoms with van der Waals surface area (Å²) < 4.78 is 0. The molecular formula is C12H14N4O. The van der Waals surface area contributed by atoms with E-state index < -0.39 is 0 Å². The molecule has 0 aliphatic heterocycles. The summed E-state index contributed by atoms with van der Waals surface area (Å²) in [4.78, 5) is 19.9. The van der Waals surface area contributed by atoms with E-state index in [-0.39, 0.29) is 12.5 Å². The number of carbonyl (C=O) groups is 1. The third-order valence-electron chi connectivity index (χ3n) is 2.25. The Kier molecular flexibility index (Phi) is 3.49.